The first-order valence-corrected chi connectivity index (χ1v) is 10.2. The van der Waals surface area contributed by atoms with Crippen molar-refractivity contribution in [2.45, 2.75) is 19.9 Å². The van der Waals surface area contributed by atoms with Crippen molar-refractivity contribution in [3.63, 3.8) is 0 Å². The van der Waals surface area contributed by atoms with Gasteiger partial charge >= 0.3 is 0 Å². The van der Waals surface area contributed by atoms with Crippen LogP contribution in [0.5, 0.6) is 0 Å². The molecule has 1 N–H and O–H groups in total. The first-order valence-electron chi connectivity index (χ1n) is 8.58. The minimum atomic E-state index is -3.17. The molecule has 0 bridgehead atoms. The third-order valence-corrected chi connectivity index (χ3v) is 6.49. The number of anilines is 2. The van der Waals surface area contributed by atoms with Crippen molar-refractivity contribution in [2.24, 2.45) is 0 Å². The van der Waals surface area contributed by atoms with Gasteiger partial charge in [-0.2, -0.15) is 0 Å². The molecule has 3 aromatic rings. The van der Waals surface area contributed by atoms with Crippen LogP contribution in [0.15, 0.2) is 48.8 Å². The van der Waals surface area contributed by atoms with Crippen LogP contribution in [0.1, 0.15) is 17.5 Å². The number of nitrogens with zero attached hydrogens (tertiary/aromatic N) is 3. The summed E-state index contributed by atoms with van der Waals surface area (Å²) in [6, 6.07) is 13.7. The summed E-state index contributed by atoms with van der Waals surface area (Å²) in [6.07, 6.45) is 2.24. The molecule has 0 amide bonds. The van der Waals surface area contributed by atoms with Gasteiger partial charge in [-0.15, -0.1) is 0 Å². The fourth-order valence-electron chi connectivity index (χ4n) is 3.31. The molecule has 6 nitrogen and oxygen atoms in total. The summed E-state index contributed by atoms with van der Waals surface area (Å²) < 4.78 is 25.7. The molecular weight excluding hydrogens is 348 g/mol. The largest absolute Gasteiger partial charge is 0.365 e. The molecule has 2 heterocycles. The van der Waals surface area contributed by atoms with Crippen molar-refractivity contribution in [2.75, 3.05) is 21.9 Å². The zero-order valence-corrected chi connectivity index (χ0v) is 15.3. The Kier molecular flexibility index (Phi) is 4.24. The maximum Gasteiger partial charge on any atom is 0.235 e. The molecule has 1 saturated heterocycles. The van der Waals surface area contributed by atoms with Gasteiger partial charge in [0.25, 0.3) is 0 Å². The number of nitrogens with one attached hydrogen (secondary N) is 1. The second-order valence-corrected chi connectivity index (χ2v) is 8.47. The maximum absolute atomic E-state index is 12.1. The lowest BCUT2D eigenvalue weighted by molar-refractivity contribution is 0.599. The number of aryl methyl sites for hydroxylation is 1. The average Bonchev–Trinajstić information content (AvgIpc) is 3.00. The summed E-state index contributed by atoms with van der Waals surface area (Å²) >= 11 is 0. The van der Waals surface area contributed by atoms with Gasteiger partial charge in [0.05, 0.1) is 17.0 Å². The number of rotatable bonds is 4. The summed E-state index contributed by atoms with van der Waals surface area (Å²) in [5.74, 6) is 1.000. The smallest absolute Gasteiger partial charge is 0.235 e. The van der Waals surface area contributed by atoms with E-state index in [0.29, 0.717) is 19.5 Å². The van der Waals surface area contributed by atoms with Gasteiger partial charge in [-0.3, -0.25) is 4.31 Å². The molecule has 1 aliphatic heterocycles. The third-order valence-electron chi connectivity index (χ3n) is 4.62. The minimum absolute atomic E-state index is 0.224. The zero-order valence-electron chi connectivity index (χ0n) is 14.5. The van der Waals surface area contributed by atoms with Crippen molar-refractivity contribution in [1.82, 2.24) is 9.97 Å². The molecule has 1 aromatic heterocycles. The number of fused-ring (bicyclic) bond motifs is 1. The fourth-order valence-corrected chi connectivity index (χ4v) is 4.87. The van der Waals surface area contributed by atoms with E-state index in [0.717, 1.165) is 33.5 Å². The number of sulfonamides is 1. The number of benzene rings is 2. The van der Waals surface area contributed by atoms with E-state index in [1.54, 1.807) is 6.33 Å². The first kappa shape index (κ1) is 16.8. The molecule has 0 radical (unpaired) electrons. The molecular formula is C19H20N4O2S. The van der Waals surface area contributed by atoms with E-state index in [1.807, 2.05) is 49.4 Å². The van der Waals surface area contributed by atoms with E-state index in [4.69, 9.17) is 0 Å². The van der Waals surface area contributed by atoms with Crippen molar-refractivity contribution < 1.29 is 8.42 Å². The molecule has 26 heavy (non-hydrogen) atoms. The van der Waals surface area contributed by atoms with Crippen LogP contribution < -0.4 is 9.62 Å². The van der Waals surface area contributed by atoms with Crippen LogP contribution in [-0.2, 0) is 16.6 Å². The lowest BCUT2D eigenvalue weighted by Crippen LogP contribution is -2.25. The molecule has 4 rings (SSSR count). The van der Waals surface area contributed by atoms with Crippen LogP contribution in [0.2, 0.25) is 0 Å². The van der Waals surface area contributed by atoms with Gasteiger partial charge in [-0.25, -0.2) is 18.4 Å². The Morgan fingerprint density at radius 2 is 2.00 bits per heavy atom. The van der Waals surface area contributed by atoms with Crippen LogP contribution in [-0.4, -0.2) is 30.7 Å². The van der Waals surface area contributed by atoms with Crippen LogP contribution >= 0.6 is 0 Å². The summed E-state index contributed by atoms with van der Waals surface area (Å²) in [5, 5.41) is 4.33. The van der Waals surface area contributed by atoms with Crippen LogP contribution in [0.4, 0.5) is 11.5 Å². The van der Waals surface area contributed by atoms with Gasteiger partial charge < -0.3 is 5.32 Å². The lowest BCUT2D eigenvalue weighted by atomic mass is 10.1. The van der Waals surface area contributed by atoms with Gasteiger partial charge in [-0.05, 0) is 42.7 Å². The Morgan fingerprint density at radius 3 is 2.81 bits per heavy atom. The highest BCUT2D eigenvalue weighted by Crippen LogP contribution is 2.26. The summed E-state index contributed by atoms with van der Waals surface area (Å²) in [5.41, 5.74) is 3.77. The monoisotopic (exact) mass is 368 g/mol. The molecule has 0 unspecified atom stereocenters. The van der Waals surface area contributed by atoms with Gasteiger partial charge in [0.2, 0.25) is 10.0 Å². The number of aromatic nitrogens is 2. The molecule has 1 fully saturated rings. The normalized spacial score (nSPS) is 16.1. The molecule has 1 aliphatic rings. The highest BCUT2D eigenvalue weighted by molar-refractivity contribution is 7.93. The summed E-state index contributed by atoms with van der Waals surface area (Å²) in [7, 11) is -3.17. The SMILES string of the molecule is Cc1cccc2c(NCc3cccc(N4CCCS4(=O)=O)c3)ncnc12. The van der Waals surface area contributed by atoms with Gasteiger partial charge in [0.1, 0.15) is 12.1 Å². The maximum atomic E-state index is 12.1. The van der Waals surface area contributed by atoms with Crippen LogP contribution in [0, 0.1) is 6.92 Å². The fraction of sp³-hybridized carbons (Fsp3) is 0.263. The lowest BCUT2D eigenvalue weighted by Gasteiger charge is -2.18. The summed E-state index contributed by atoms with van der Waals surface area (Å²) in [4.78, 5) is 8.71. The Morgan fingerprint density at radius 1 is 1.15 bits per heavy atom. The predicted octanol–water partition coefficient (Wildman–Crippen LogP) is 3.09. The van der Waals surface area contributed by atoms with Crippen molar-refractivity contribution in [1.29, 1.82) is 0 Å². The Labute approximate surface area is 152 Å². The molecule has 7 heteroatoms. The number of hydrogen-bond donors (Lipinski definition) is 1. The van der Waals surface area contributed by atoms with Crippen LogP contribution in [0.25, 0.3) is 10.9 Å². The Balaban J connectivity index is 1.58. The quantitative estimate of drug-likeness (QED) is 0.766. The minimum Gasteiger partial charge on any atom is -0.365 e. The first-order chi connectivity index (χ1) is 12.5. The van der Waals surface area contributed by atoms with Crippen molar-refractivity contribution in [3.8, 4) is 0 Å². The van der Waals surface area contributed by atoms with E-state index in [1.165, 1.54) is 4.31 Å². The van der Waals surface area contributed by atoms with Crippen molar-refractivity contribution in [3.05, 3.63) is 59.9 Å². The molecule has 134 valence electrons. The van der Waals surface area contributed by atoms with E-state index >= 15 is 0 Å². The average molecular weight is 368 g/mol. The highest BCUT2D eigenvalue weighted by atomic mass is 32.2. The molecule has 0 aliphatic carbocycles. The predicted molar refractivity (Wildman–Crippen MR) is 104 cm³/mol. The topological polar surface area (TPSA) is 75.2 Å². The second kappa shape index (κ2) is 6.57. The van der Waals surface area contributed by atoms with Crippen molar-refractivity contribution >= 4 is 32.4 Å². The summed E-state index contributed by atoms with van der Waals surface area (Å²) in [6.45, 7) is 3.13. The molecule has 0 spiro atoms. The second-order valence-electron chi connectivity index (χ2n) is 6.46. The van der Waals surface area contributed by atoms with Gasteiger partial charge in [0.15, 0.2) is 0 Å². The number of para-hydroxylation sites is 1. The van der Waals surface area contributed by atoms with E-state index in [9.17, 15) is 8.42 Å². The number of hydrogen-bond acceptors (Lipinski definition) is 5. The molecule has 2 aromatic carbocycles. The third kappa shape index (κ3) is 3.10. The highest BCUT2D eigenvalue weighted by Gasteiger charge is 2.28. The van der Waals surface area contributed by atoms with Crippen LogP contribution in [0.3, 0.4) is 0 Å². The van der Waals surface area contributed by atoms with E-state index < -0.39 is 10.0 Å². The molecule has 0 atom stereocenters. The van der Waals surface area contributed by atoms with E-state index in [2.05, 4.69) is 15.3 Å². The standard InChI is InChI=1S/C19H20N4O2S/c1-14-5-2-8-17-18(14)21-13-22-19(17)20-12-15-6-3-7-16(11-15)23-9-4-10-26(23,24)25/h2-3,5-8,11,13H,4,9-10,12H2,1H3,(H,20,21,22). The Bertz CT molecular complexity index is 1070. The van der Waals surface area contributed by atoms with Gasteiger partial charge in [-0.1, -0.05) is 24.3 Å². The Hall–Kier alpha value is -2.67. The van der Waals surface area contributed by atoms with E-state index in [-0.39, 0.29) is 5.75 Å². The molecule has 0 saturated carbocycles. The van der Waals surface area contributed by atoms with Gasteiger partial charge in [0, 0.05) is 18.5 Å². The zero-order chi connectivity index (χ0) is 18.1.